The molecule has 1 amide bonds. The van der Waals surface area contributed by atoms with Gasteiger partial charge in [0.25, 0.3) is 5.91 Å². The maximum Gasteiger partial charge on any atom is 0.340 e. The second-order valence-electron chi connectivity index (χ2n) is 6.42. The Bertz CT molecular complexity index is 669. The molecule has 0 unspecified atom stereocenters. The molecule has 0 aromatic heterocycles. The largest absolute Gasteiger partial charge is 0.497 e. The smallest absolute Gasteiger partial charge is 0.340 e. The van der Waals surface area contributed by atoms with E-state index in [4.69, 9.17) is 22.3 Å². The molecule has 135 valence electrons. The topological polar surface area (TPSA) is 64.6 Å². The Morgan fingerprint density at radius 3 is 2.36 bits per heavy atom. The average molecular weight is 441 g/mol. The maximum atomic E-state index is 12.8. The Morgan fingerprint density at radius 2 is 1.92 bits per heavy atom. The summed E-state index contributed by atoms with van der Waals surface area (Å²) in [6, 6.07) is 3.35. The SMILES string of the molecule is CCOC(=O)c1cc(OC)cc(C)c1NC(=O)C1([N+](C)(C)[S-])CC1.[Y]. The van der Waals surface area contributed by atoms with Gasteiger partial charge in [0.05, 0.1) is 39.1 Å². The minimum Gasteiger partial charge on any atom is -0.497 e. The van der Waals surface area contributed by atoms with Gasteiger partial charge in [0.2, 0.25) is 0 Å². The van der Waals surface area contributed by atoms with Crippen molar-refractivity contribution in [3.63, 3.8) is 0 Å². The van der Waals surface area contributed by atoms with E-state index < -0.39 is 11.5 Å². The molecule has 0 saturated heterocycles. The van der Waals surface area contributed by atoms with Gasteiger partial charge in [0.1, 0.15) is 5.75 Å². The van der Waals surface area contributed by atoms with Gasteiger partial charge in [-0.2, -0.15) is 0 Å². The van der Waals surface area contributed by atoms with Gasteiger partial charge in [-0.3, -0.25) is 4.79 Å². The number of benzene rings is 1. The molecule has 25 heavy (non-hydrogen) atoms. The van der Waals surface area contributed by atoms with Gasteiger partial charge < -0.3 is 31.5 Å². The van der Waals surface area contributed by atoms with Crippen LogP contribution in [0.1, 0.15) is 35.7 Å². The van der Waals surface area contributed by atoms with E-state index in [1.165, 1.54) is 7.11 Å². The predicted molar refractivity (Wildman–Crippen MR) is 93.8 cm³/mol. The van der Waals surface area contributed by atoms with E-state index in [0.717, 1.165) is 18.4 Å². The molecule has 0 aliphatic heterocycles. The van der Waals surface area contributed by atoms with Crippen LogP contribution in [0.5, 0.6) is 5.75 Å². The van der Waals surface area contributed by atoms with Crippen molar-refractivity contribution in [1.82, 2.24) is 0 Å². The normalized spacial score (nSPS) is 15.0. The van der Waals surface area contributed by atoms with Crippen LogP contribution in [0, 0.1) is 6.92 Å². The van der Waals surface area contributed by atoms with E-state index in [1.54, 1.807) is 19.1 Å². The van der Waals surface area contributed by atoms with Crippen LogP contribution in [0.15, 0.2) is 12.1 Å². The summed E-state index contributed by atoms with van der Waals surface area (Å²) >= 11 is 5.44. The fourth-order valence-electron chi connectivity index (χ4n) is 2.77. The van der Waals surface area contributed by atoms with Crippen molar-refractivity contribution in [2.24, 2.45) is 0 Å². The number of rotatable bonds is 6. The molecule has 2 rings (SSSR count). The number of esters is 1. The van der Waals surface area contributed by atoms with Crippen LogP contribution < -0.4 is 10.1 Å². The summed E-state index contributed by atoms with van der Waals surface area (Å²) in [4.78, 5) is 25.1. The zero-order valence-corrected chi connectivity index (χ0v) is 19.0. The van der Waals surface area contributed by atoms with Gasteiger partial charge in [0, 0.05) is 45.6 Å². The minimum atomic E-state index is -0.617. The van der Waals surface area contributed by atoms with E-state index in [1.807, 2.05) is 21.0 Å². The standard InChI is InChI=1S/C17H24N2O4S.Y/c1-6-23-15(20)13-10-12(22-5)9-11(2)14(13)18-16(21)17(7-8-17)19(3,4)24;/h9-10H,6-8H2,1-5H3,(H,18,21);. The minimum absolute atomic E-state index is 0. The number of carbonyl (C=O) groups excluding carboxylic acids is 2. The maximum absolute atomic E-state index is 12.8. The molecule has 1 aromatic rings. The molecule has 1 aliphatic carbocycles. The number of methoxy groups -OCH3 is 1. The first-order valence-corrected chi connectivity index (χ1v) is 8.25. The number of hydrogen-bond donors (Lipinski definition) is 1. The zero-order chi connectivity index (χ0) is 18.1. The first-order chi connectivity index (χ1) is 11.2. The number of nitrogens with one attached hydrogen (secondary N) is 1. The van der Waals surface area contributed by atoms with Crippen LogP contribution >= 0.6 is 0 Å². The molecule has 1 radical (unpaired) electrons. The Labute approximate surface area is 179 Å². The Balaban J connectivity index is 0.00000312. The Kier molecular flexibility index (Phi) is 7.51. The predicted octanol–water partition coefficient (Wildman–Crippen LogP) is 2.19. The number of aryl methyl sites for hydroxylation is 1. The van der Waals surface area contributed by atoms with Gasteiger partial charge in [-0.25, -0.2) is 4.79 Å². The molecule has 0 bridgehead atoms. The first kappa shape index (κ1) is 22.4. The summed E-state index contributed by atoms with van der Waals surface area (Å²) in [7, 11) is 5.18. The van der Waals surface area contributed by atoms with Crippen molar-refractivity contribution in [1.29, 1.82) is 0 Å². The summed E-state index contributed by atoms with van der Waals surface area (Å²) in [6.45, 7) is 3.80. The fourth-order valence-corrected chi connectivity index (χ4v) is 3.03. The molecule has 0 heterocycles. The molecule has 6 nitrogen and oxygen atoms in total. The van der Waals surface area contributed by atoms with Crippen molar-refractivity contribution in [3.8, 4) is 5.75 Å². The summed E-state index contributed by atoms with van der Waals surface area (Å²) < 4.78 is 10.5. The molecule has 8 heteroatoms. The molecule has 1 fully saturated rings. The van der Waals surface area contributed by atoms with Crippen LogP contribution in [0.3, 0.4) is 0 Å². The molecule has 0 atom stereocenters. The number of carbonyl (C=O) groups is 2. The molecule has 1 aliphatic rings. The molecule has 1 aromatic carbocycles. The quantitative estimate of drug-likeness (QED) is 0.417. The Morgan fingerprint density at radius 1 is 1.32 bits per heavy atom. The number of likely N-dealkylation sites (N-methyl/N-ethyl adjacent to an activating group) is 1. The van der Waals surface area contributed by atoms with Crippen molar-refractivity contribution in [2.75, 3.05) is 33.1 Å². The molecular formula is C17H24N2O4SY. The van der Waals surface area contributed by atoms with Crippen LogP contribution in [0.4, 0.5) is 5.69 Å². The van der Waals surface area contributed by atoms with E-state index in [0.29, 0.717) is 11.4 Å². The Hall–Kier alpha value is -0.626. The monoisotopic (exact) mass is 441 g/mol. The number of anilines is 1. The number of ether oxygens (including phenoxy) is 2. The van der Waals surface area contributed by atoms with Gasteiger partial charge in [-0.15, -0.1) is 0 Å². The van der Waals surface area contributed by atoms with Gasteiger partial charge in [0.15, 0.2) is 5.54 Å². The fraction of sp³-hybridized carbons (Fsp3) is 0.529. The van der Waals surface area contributed by atoms with Crippen molar-refractivity contribution in [2.45, 2.75) is 32.2 Å². The van der Waals surface area contributed by atoms with Gasteiger partial charge in [-0.1, -0.05) is 0 Å². The van der Waals surface area contributed by atoms with Gasteiger partial charge >= 0.3 is 5.97 Å². The van der Waals surface area contributed by atoms with E-state index in [2.05, 4.69) is 5.32 Å². The average Bonchev–Trinajstić information content (AvgIpc) is 3.30. The second-order valence-corrected chi connectivity index (χ2v) is 7.34. The van der Waals surface area contributed by atoms with E-state index >= 15 is 0 Å². The third kappa shape index (κ3) is 4.56. The third-order valence-corrected chi connectivity index (χ3v) is 4.81. The molecule has 0 spiro atoms. The number of quaternary nitrogens is 1. The van der Waals surface area contributed by atoms with Crippen LogP contribution in [-0.4, -0.2) is 49.1 Å². The van der Waals surface area contributed by atoms with Crippen LogP contribution in [-0.2, 0) is 55.1 Å². The van der Waals surface area contributed by atoms with Crippen molar-refractivity contribution >= 4 is 30.4 Å². The van der Waals surface area contributed by atoms with Crippen LogP contribution in [0.2, 0.25) is 0 Å². The van der Waals surface area contributed by atoms with E-state index in [-0.39, 0.29) is 54.7 Å². The van der Waals surface area contributed by atoms with Crippen molar-refractivity contribution < 1.29 is 55.7 Å². The molecule has 1 N–H and O–H groups in total. The van der Waals surface area contributed by atoms with Gasteiger partial charge in [-0.05, 0) is 31.5 Å². The van der Waals surface area contributed by atoms with Crippen LogP contribution in [0.25, 0.3) is 0 Å². The summed E-state index contributed by atoms with van der Waals surface area (Å²) in [6.07, 6.45) is 1.47. The summed E-state index contributed by atoms with van der Waals surface area (Å²) in [5, 5.41) is 2.90. The summed E-state index contributed by atoms with van der Waals surface area (Å²) in [5.41, 5.74) is 0.853. The second kappa shape index (κ2) is 8.38. The molecular weight excluding hydrogens is 417 g/mol. The zero-order valence-electron chi connectivity index (χ0n) is 15.3. The molecule has 1 saturated carbocycles. The third-order valence-electron chi connectivity index (χ3n) is 4.46. The van der Waals surface area contributed by atoms with Crippen molar-refractivity contribution in [3.05, 3.63) is 23.3 Å². The first-order valence-electron chi connectivity index (χ1n) is 7.88. The summed E-state index contributed by atoms with van der Waals surface area (Å²) in [5.74, 6) is -0.123. The number of nitrogens with zero attached hydrogens (tertiary/aromatic N) is 1. The number of amides is 1. The number of hydrogen-bond acceptors (Lipinski definition) is 5. The van der Waals surface area contributed by atoms with E-state index in [9.17, 15) is 9.59 Å².